The lowest BCUT2D eigenvalue weighted by Crippen LogP contribution is -2.27. The van der Waals surface area contributed by atoms with E-state index in [1.165, 1.54) is 6.42 Å². The molecule has 2 aliphatic rings. The summed E-state index contributed by atoms with van der Waals surface area (Å²) in [5.74, 6) is 0.650. The fourth-order valence-electron chi connectivity index (χ4n) is 2.46. The lowest BCUT2D eigenvalue weighted by molar-refractivity contribution is -0.117. The Morgan fingerprint density at radius 2 is 2.33 bits per heavy atom. The Kier molecular flexibility index (Phi) is 3.41. The Bertz CT molecular complexity index is 273. The number of ketones is 1. The van der Waals surface area contributed by atoms with Crippen molar-refractivity contribution in [2.24, 2.45) is 11.7 Å². The molecule has 0 aromatic heterocycles. The highest BCUT2D eigenvalue weighted by atomic mass is 16.5. The van der Waals surface area contributed by atoms with E-state index in [0.29, 0.717) is 12.3 Å². The van der Waals surface area contributed by atoms with Crippen molar-refractivity contribution in [2.45, 2.75) is 44.6 Å². The maximum absolute atomic E-state index is 11.9. The molecule has 0 spiro atoms. The Morgan fingerprint density at radius 1 is 1.47 bits per heavy atom. The molecule has 1 fully saturated rings. The molecule has 3 nitrogen and oxygen atoms in total. The van der Waals surface area contributed by atoms with Crippen molar-refractivity contribution >= 4 is 5.78 Å². The van der Waals surface area contributed by atoms with Crippen LogP contribution in [0.15, 0.2) is 11.8 Å². The van der Waals surface area contributed by atoms with E-state index in [4.69, 9.17) is 10.5 Å². The quantitative estimate of drug-likeness (QED) is 0.770. The molecule has 1 heterocycles. The summed E-state index contributed by atoms with van der Waals surface area (Å²) in [6.07, 6.45) is 7.47. The lowest BCUT2D eigenvalue weighted by atomic mass is 9.93. The van der Waals surface area contributed by atoms with E-state index in [1.807, 2.05) is 0 Å². The molecule has 1 saturated carbocycles. The molecule has 0 saturated heterocycles. The van der Waals surface area contributed by atoms with Crippen molar-refractivity contribution < 1.29 is 9.53 Å². The van der Waals surface area contributed by atoms with Crippen molar-refractivity contribution in [1.82, 2.24) is 0 Å². The number of carbonyl (C=O) groups is 1. The number of nitrogens with two attached hydrogens (primary N) is 1. The fraction of sp³-hybridized carbons (Fsp3) is 0.750. The van der Waals surface area contributed by atoms with Gasteiger partial charge in [0, 0.05) is 18.0 Å². The maximum Gasteiger partial charge on any atom is 0.162 e. The van der Waals surface area contributed by atoms with Crippen LogP contribution in [0.5, 0.6) is 0 Å². The third-order valence-corrected chi connectivity index (χ3v) is 3.46. The van der Waals surface area contributed by atoms with Crippen LogP contribution in [0.1, 0.15) is 38.5 Å². The summed E-state index contributed by atoms with van der Waals surface area (Å²) in [4.78, 5) is 11.9. The molecule has 0 aromatic carbocycles. The second-order valence-electron chi connectivity index (χ2n) is 4.60. The molecule has 15 heavy (non-hydrogen) atoms. The summed E-state index contributed by atoms with van der Waals surface area (Å²) < 4.78 is 5.18. The molecule has 2 atom stereocenters. The van der Waals surface area contributed by atoms with Gasteiger partial charge in [-0.15, -0.1) is 0 Å². The molecular formula is C12H19NO2. The number of ether oxygens (including phenoxy) is 1. The summed E-state index contributed by atoms with van der Waals surface area (Å²) in [7, 11) is 0. The van der Waals surface area contributed by atoms with Crippen LogP contribution >= 0.6 is 0 Å². The average molecular weight is 209 g/mol. The van der Waals surface area contributed by atoms with Gasteiger partial charge in [0.1, 0.15) is 0 Å². The number of rotatable bonds is 3. The zero-order valence-corrected chi connectivity index (χ0v) is 9.08. The molecular weight excluding hydrogens is 190 g/mol. The maximum atomic E-state index is 11.9. The first-order chi connectivity index (χ1) is 7.27. The topological polar surface area (TPSA) is 52.3 Å². The van der Waals surface area contributed by atoms with Crippen LogP contribution in [0, 0.1) is 5.92 Å². The highest BCUT2D eigenvalue weighted by Crippen LogP contribution is 2.28. The third-order valence-electron chi connectivity index (χ3n) is 3.46. The Morgan fingerprint density at radius 3 is 2.93 bits per heavy atom. The molecule has 0 amide bonds. The third kappa shape index (κ3) is 2.59. The van der Waals surface area contributed by atoms with Gasteiger partial charge in [0.15, 0.2) is 5.78 Å². The molecule has 1 aliphatic heterocycles. The molecule has 0 radical (unpaired) electrons. The first kappa shape index (κ1) is 10.7. The number of Topliss-reactive ketones (excluding diaryl/α,β-unsaturated/α-hetero) is 1. The van der Waals surface area contributed by atoms with E-state index in [1.54, 1.807) is 6.26 Å². The van der Waals surface area contributed by atoms with Crippen LogP contribution in [0.2, 0.25) is 0 Å². The van der Waals surface area contributed by atoms with Gasteiger partial charge in [0.05, 0.1) is 12.9 Å². The molecule has 0 bridgehead atoms. The fourth-order valence-corrected chi connectivity index (χ4v) is 2.46. The molecule has 2 N–H and O–H groups in total. The van der Waals surface area contributed by atoms with Crippen LogP contribution in [-0.2, 0) is 9.53 Å². The Labute approximate surface area is 90.7 Å². The SMILES string of the molecule is N[C@@H]1CCC[C@H]1CC(=O)C1=COCCC1. The van der Waals surface area contributed by atoms with Crippen molar-refractivity contribution in [1.29, 1.82) is 0 Å². The smallest absolute Gasteiger partial charge is 0.162 e. The van der Waals surface area contributed by atoms with Crippen LogP contribution in [0.4, 0.5) is 0 Å². The summed E-state index contributed by atoms with van der Waals surface area (Å²) in [6.45, 7) is 0.750. The normalized spacial score (nSPS) is 30.9. The molecule has 0 aromatic rings. The summed E-state index contributed by atoms with van der Waals surface area (Å²) in [5, 5.41) is 0. The highest BCUT2D eigenvalue weighted by Gasteiger charge is 2.27. The van der Waals surface area contributed by atoms with Gasteiger partial charge in [-0.3, -0.25) is 4.79 Å². The van der Waals surface area contributed by atoms with Gasteiger partial charge in [0.2, 0.25) is 0 Å². The van der Waals surface area contributed by atoms with E-state index >= 15 is 0 Å². The zero-order chi connectivity index (χ0) is 10.7. The number of carbonyl (C=O) groups excluding carboxylic acids is 1. The lowest BCUT2D eigenvalue weighted by Gasteiger charge is -2.17. The predicted molar refractivity (Wildman–Crippen MR) is 58.2 cm³/mol. The first-order valence-electron chi connectivity index (χ1n) is 5.87. The molecule has 84 valence electrons. The van der Waals surface area contributed by atoms with Crippen LogP contribution in [0.3, 0.4) is 0 Å². The number of allylic oxidation sites excluding steroid dienone is 1. The van der Waals surface area contributed by atoms with Crippen LogP contribution < -0.4 is 5.73 Å². The molecule has 0 unspecified atom stereocenters. The van der Waals surface area contributed by atoms with Gasteiger partial charge >= 0.3 is 0 Å². The minimum atomic E-state index is 0.235. The van der Waals surface area contributed by atoms with E-state index in [-0.39, 0.29) is 11.8 Å². The van der Waals surface area contributed by atoms with E-state index < -0.39 is 0 Å². The van der Waals surface area contributed by atoms with Gasteiger partial charge < -0.3 is 10.5 Å². The second kappa shape index (κ2) is 4.79. The zero-order valence-electron chi connectivity index (χ0n) is 9.08. The molecule has 2 rings (SSSR count). The largest absolute Gasteiger partial charge is 0.501 e. The minimum Gasteiger partial charge on any atom is -0.501 e. The van der Waals surface area contributed by atoms with E-state index in [2.05, 4.69) is 0 Å². The molecule has 3 heteroatoms. The summed E-state index contributed by atoms with van der Waals surface area (Å²) in [5.41, 5.74) is 6.82. The monoisotopic (exact) mass is 209 g/mol. The van der Waals surface area contributed by atoms with Gasteiger partial charge in [-0.1, -0.05) is 6.42 Å². The number of hydrogen-bond donors (Lipinski definition) is 1. The van der Waals surface area contributed by atoms with Crippen LogP contribution in [-0.4, -0.2) is 18.4 Å². The van der Waals surface area contributed by atoms with Crippen molar-refractivity contribution in [2.75, 3.05) is 6.61 Å². The van der Waals surface area contributed by atoms with Gasteiger partial charge in [-0.05, 0) is 31.6 Å². The highest BCUT2D eigenvalue weighted by molar-refractivity contribution is 5.95. The van der Waals surface area contributed by atoms with E-state index in [9.17, 15) is 4.79 Å². The van der Waals surface area contributed by atoms with Crippen molar-refractivity contribution in [3.05, 3.63) is 11.8 Å². The van der Waals surface area contributed by atoms with Gasteiger partial charge in [-0.25, -0.2) is 0 Å². The van der Waals surface area contributed by atoms with Crippen molar-refractivity contribution in [3.63, 3.8) is 0 Å². The van der Waals surface area contributed by atoms with Crippen molar-refractivity contribution in [3.8, 4) is 0 Å². The second-order valence-corrected chi connectivity index (χ2v) is 4.60. The standard InChI is InChI=1S/C12H19NO2/c13-11-5-1-3-9(11)7-12(14)10-4-2-6-15-8-10/h8-9,11H,1-7,13H2/t9-,11+/m0/s1. The van der Waals surface area contributed by atoms with Gasteiger partial charge in [-0.2, -0.15) is 0 Å². The number of hydrogen-bond acceptors (Lipinski definition) is 3. The van der Waals surface area contributed by atoms with Gasteiger partial charge in [0.25, 0.3) is 0 Å². The predicted octanol–water partition coefficient (Wildman–Crippen LogP) is 1.77. The molecule has 1 aliphatic carbocycles. The minimum absolute atomic E-state index is 0.235. The van der Waals surface area contributed by atoms with Crippen LogP contribution in [0.25, 0.3) is 0 Å². The summed E-state index contributed by atoms with van der Waals surface area (Å²) in [6, 6.07) is 0.235. The average Bonchev–Trinajstić information content (AvgIpc) is 2.66. The first-order valence-corrected chi connectivity index (χ1v) is 5.87. The Balaban J connectivity index is 1.88. The van der Waals surface area contributed by atoms with E-state index in [0.717, 1.165) is 37.9 Å². The summed E-state index contributed by atoms with van der Waals surface area (Å²) >= 11 is 0. The Hall–Kier alpha value is -0.830.